The van der Waals surface area contributed by atoms with Gasteiger partial charge in [-0.1, -0.05) is 71.4 Å². The van der Waals surface area contributed by atoms with E-state index in [0.29, 0.717) is 24.2 Å². The van der Waals surface area contributed by atoms with Crippen LogP contribution >= 0.6 is 0 Å². The van der Waals surface area contributed by atoms with E-state index >= 15 is 0 Å². The Balaban J connectivity index is 2.28. The largest absolute Gasteiger partial charge is 0.276 e. The van der Waals surface area contributed by atoms with Crippen molar-refractivity contribution < 1.29 is 8.42 Å². The molecule has 0 heterocycles. The molecule has 4 nitrogen and oxygen atoms in total. The van der Waals surface area contributed by atoms with Crippen LogP contribution in [-0.4, -0.2) is 14.6 Å². The van der Waals surface area contributed by atoms with Crippen LogP contribution in [0.25, 0.3) is 0 Å². The molecule has 0 aliphatic rings. The molecule has 2 aromatic carbocycles. The molecule has 0 fully saturated rings. The van der Waals surface area contributed by atoms with E-state index in [9.17, 15) is 8.42 Å². The van der Waals surface area contributed by atoms with E-state index in [1.807, 2.05) is 6.92 Å². The van der Waals surface area contributed by atoms with Gasteiger partial charge in [0.05, 0.1) is 4.90 Å². The van der Waals surface area contributed by atoms with Gasteiger partial charge in [0, 0.05) is 12.6 Å². The lowest BCUT2D eigenvalue weighted by Crippen LogP contribution is -2.18. The Kier molecular flexibility index (Phi) is 7.64. The molecule has 0 amide bonds. The van der Waals surface area contributed by atoms with Gasteiger partial charge in [-0.25, -0.2) is 4.83 Å². The second-order valence-electron chi connectivity index (χ2n) is 8.57. The van der Waals surface area contributed by atoms with Gasteiger partial charge in [-0.15, -0.1) is 0 Å². The molecule has 0 aliphatic carbocycles. The first-order chi connectivity index (χ1) is 13.5. The van der Waals surface area contributed by atoms with E-state index in [-0.39, 0.29) is 4.90 Å². The fraction of sp³-hybridized carbons (Fsp3) is 0.458. The molecule has 0 atom stereocenters. The van der Waals surface area contributed by atoms with E-state index < -0.39 is 10.0 Å². The van der Waals surface area contributed by atoms with Gasteiger partial charge >= 0.3 is 0 Å². The molecule has 0 bridgehead atoms. The van der Waals surface area contributed by atoms with Crippen molar-refractivity contribution in [2.24, 2.45) is 5.10 Å². The monoisotopic (exact) mass is 414 g/mol. The van der Waals surface area contributed by atoms with Crippen molar-refractivity contribution in [2.45, 2.75) is 77.5 Å². The number of benzene rings is 2. The summed E-state index contributed by atoms with van der Waals surface area (Å²) in [6, 6.07) is 11.3. The van der Waals surface area contributed by atoms with Crippen LogP contribution in [0, 0.1) is 6.92 Å². The summed E-state index contributed by atoms with van der Waals surface area (Å²) in [6.45, 7) is 15.1. The second kappa shape index (κ2) is 9.57. The van der Waals surface area contributed by atoms with Crippen LogP contribution in [0.3, 0.4) is 0 Å². The van der Waals surface area contributed by atoms with Gasteiger partial charge in [-0.3, -0.25) is 0 Å². The van der Waals surface area contributed by atoms with Crippen LogP contribution in [0.15, 0.2) is 46.4 Å². The molecular formula is C24H34N2O2S. The smallest absolute Gasteiger partial charge is 0.200 e. The summed E-state index contributed by atoms with van der Waals surface area (Å²) in [6.07, 6.45) is 2.25. The molecule has 0 aromatic heterocycles. The molecule has 2 aromatic rings. The van der Waals surface area contributed by atoms with Crippen molar-refractivity contribution in [3.05, 3.63) is 64.2 Å². The summed E-state index contributed by atoms with van der Waals surface area (Å²) in [7, 11) is -3.65. The Morgan fingerprint density at radius 2 is 1.41 bits per heavy atom. The average Bonchev–Trinajstić information content (AvgIpc) is 2.64. The molecule has 5 heteroatoms. The van der Waals surface area contributed by atoms with E-state index in [2.05, 4.69) is 63.6 Å². The van der Waals surface area contributed by atoms with Crippen LogP contribution < -0.4 is 4.83 Å². The number of hydrazone groups is 1. The SMILES string of the molecule is Cc1ccc(S(=O)(=O)N/N=C/Cc2c(C(C)C)cc(C(C)C)cc2C(C)C)cc1. The summed E-state index contributed by atoms with van der Waals surface area (Å²) in [5.41, 5.74) is 6.23. The van der Waals surface area contributed by atoms with Crippen LogP contribution in [-0.2, 0) is 16.4 Å². The number of nitrogens with zero attached hydrogens (tertiary/aromatic N) is 1. The van der Waals surface area contributed by atoms with Gasteiger partial charge < -0.3 is 0 Å². The molecule has 0 unspecified atom stereocenters. The number of hydrogen-bond acceptors (Lipinski definition) is 3. The van der Waals surface area contributed by atoms with Gasteiger partial charge in [0.1, 0.15) is 0 Å². The lowest BCUT2D eigenvalue weighted by atomic mass is 9.83. The topological polar surface area (TPSA) is 58.5 Å². The number of nitrogens with one attached hydrogen (secondary N) is 1. The zero-order valence-electron chi connectivity index (χ0n) is 18.7. The van der Waals surface area contributed by atoms with E-state index in [4.69, 9.17) is 0 Å². The summed E-state index contributed by atoms with van der Waals surface area (Å²) < 4.78 is 24.8. The Morgan fingerprint density at radius 3 is 1.86 bits per heavy atom. The van der Waals surface area contributed by atoms with Gasteiger partial charge in [-0.2, -0.15) is 13.5 Å². The molecule has 0 spiro atoms. The summed E-state index contributed by atoms with van der Waals surface area (Å²) >= 11 is 0. The third-order valence-corrected chi connectivity index (χ3v) is 6.38. The molecular weight excluding hydrogens is 380 g/mol. The fourth-order valence-corrected chi connectivity index (χ4v) is 4.17. The van der Waals surface area contributed by atoms with Crippen molar-refractivity contribution in [3.8, 4) is 0 Å². The number of hydrogen-bond donors (Lipinski definition) is 1. The normalized spacial score (nSPS) is 12.5. The maximum atomic E-state index is 12.4. The van der Waals surface area contributed by atoms with Crippen molar-refractivity contribution >= 4 is 16.2 Å². The highest BCUT2D eigenvalue weighted by Gasteiger charge is 2.17. The maximum Gasteiger partial charge on any atom is 0.276 e. The predicted octanol–water partition coefficient (Wildman–Crippen LogP) is 5.87. The van der Waals surface area contributed by atoms with Gasteiger partial charge in [0.25, 0.3) is 10.0 Å². The second-order valence-corrected chi connectivity index (χ2v) is 10.2. The molecule has 0 saturated heterocycles. The number of rotatable bonds is 8. The van der Waals surface area contributed by atoms with Crippen molar-refractivity contribution in [1.82, 2.24) is 4.83 Å². The summed E-state index contributed by atoms with van der Waals surface area (Å²) in [5.74, 6) is 1.24. The first-order valence-electron chi connectivity index (χ1n) is 10.3. The molecule has 2 rings (SSSR count). The zero-order valence-corrected chi connectivity index (χ0v) is 19.5. The summed E-state index contributed by atoms with van der Waals surface area (Å²) in [4.78, 5) is 2.55. The van der Waals surface area contributed by atoms with Crippen molar-refractivity contribution in [1.29, 1.82) is 0 Å². The van der Waals surface area contributed by atoms with Gasteiger partial charge in [0.2, 0.25) is 0 Å². The van der Waals surface area contributed by atoms with E-state index in [1.165, 1.54) is 22.3 Å². The Labute approximate surface area is 176 Å². The molecule has 1 N–H and O–H groups in total. The Hall–Kier alpha value is -2.14. The number of aryl methyl sites for hydroxylation is 1. The highest BCUT2D eigenvalue weighted by atomic mass is 32.2. The zero-order chi connectivity index (χ0) is 21.8. The Morgan fingerprint density at radius 1 is 0.897 bits per heavy atom. The molecule has 0 saturated carbocycles. The minimum atomic E-state index is -3.65. The van der Waals surface area contributed by atoms with Crippen LogP contribution in [0.2, 0.25) is 0 Å². The third kappa shape index (κ3) is 5.92. The first-order valence-corrected chi connectivity index (χ1v) is 11.8. The minimum absolute atomic E-state index is 0.215. The predicted molar refractivity (Wildman–Crippen MR) is 122 cm³/mol. The molecule has 0 radical (unpaired) electrons. The molecule has 158 valence electrons. The first kappa shape index (κ1) is 23.1. The average molecular weight is 415 g/mol. The van der Waals surface area contributed by atoms with E-state index in [1.54, 1.807) is 30.5 Å². The minimum Gasteiger partial charge on any atom is -0.200 e. The lowest BCUT2D eigenvalue weighted by molar-refractivity contribution is 0.584. The fourth-order valence-electron chi connectivity index (χ4n) is 3.35. The lowest BCUT2D eigenvalue weighted by Gasteiger charge is -2.22. The maximum absolute atomic E-state index is 12.4. The highest BCUT2D eigenvalue weighted by Crippen LogP contribution is 2.32. The van der Waals surface area contributed by atoms with Gasteiger partial charge in [0.15, 0.2) is 0 Å². The van der Waals surface area contributed by atoms with Crippen LogP contribution in [0.4, 0.5) is 0 Å². The quantitative estimate of drug-likeness (QED) is 0.434. The van der Waals surface area contributed by atoms with Crippen LogP contribution in [0.1, 0.15) is 87.1 Å². The molecule has 0 aliphatic heterocycles. The van der Waals surface area contributed by atoms with E-state index in [0.717, 1.165) is 5.56 Å². The van der Waals surface area contributed by atoms with Gasteiger partial charge in [-0.05, 0) is 59.1 Å². The standard InChI is InChI=1S/C24H34N2O2S/c1-16(2)20-14-23(17(3)4)22(24(15-20)18(5)6)12-13-25-26-29(27,28)21-10-8-19(7)9-11-21/h8-11,13-18,26H,12H2,1-7H3/b25-13+. The highest BCUT2D eigenvalue weighted by molar-refractivity contribution is 7.89. The summed E-state index contributed by atoms with van der Waals surface area (Å²) in [5, 5.41) is 4.03. The third-order valence-electron chi connectivity index (χ3n) is 5.14. The van der Waals surface area contributed by atoms with Crippen LogP contribution in [0.5, 0.6) is 0 Å². The van der Waals surface area contributed by atoms with Crippen molar-refractivity contribution in [3.63, 3.8) is 0 Å². The number of sulfonamides is 1. The Bertz CT molecular complexity index is 928. The molecule has 29 heavy (non-hydrogen) atoms. The van der Waals surface area contributed by atoms with Crippen molar-refractivity contribution in [2.75, 3.05) is 0 Å².